The maximum absolute atomic E-state index is 12.0. The Morgan fingerprint density at radius 2 is 2.00 bits per heavy atom. The fourth-order valence-electron chi connectivity index (χ4n) is 2.54. The molecule has 0 fully saturated rings. The largest absolute Gasteiger partial charge is 0.548 e. The summed E-state index contributed by atoms with van der Waals surface area (Å²) in [6.07, 6.45) is 3.09. The molecule has 1 aromatic heterocycles. The summed E-state index contributed by atoms with van der Waals surface area (Å²) in [5.41, 5.74) is 2.09. The molecule has 0 unspecified atom stereocenters. The van der Waals surface area contributed by atoms with Gasteiger partial charge in [0.15, 0.2) is 0 Å². The number of hydrogen-bond donors (Lipinski definition) is 2. The van der Waals surface area contributed by atoms with Gasteiger partial charge in [-0.15, -0.1) is 0 Å². The molecule has 5 nitrogen and oxygen atoms in total. The molecule has 2 N–H and O–H groups in total. The van der Waals surface area contributed by atoms with E-state index in [0.29, 0.717) is 12.8 Å². The fraction of sp³-hybridized carbons (Fsp3) is 0.412. The van der Waals surface area contributed by atoms with E-state index < -0.39 is 12.0 Å². The second-order valence-corrected chi connectivity index (χ2v) is 5.93. The normalized spacial score (nSPS) is 12.5. The van der Waals surface area contributed by atoms with E-state index in [-0.39, 0.29) is 18.2 Å². The van der Waals surface area contributed by atoms with Crippen molar-refractivity contribution in [1.82, 2.24) is 10.3 Å². The maximum atomic E-state index is 12.0. The van der Waals surface area contributed by atoms with Gasteiger partial charge in [0.1, 0.15) is 0 Å². The predicted octanol–water partition coefficient (Wildman–Crippen LogP) is 1.38. The number of carboxylic acids is 1. The highest BCUT2D eigenvalue weighted by atomic mass is 16.4. The molecule has 1 aromatic carbocycles. The third-order valence-electron chi connectivity index (χ3n) is 3.62. The Kier molecular flexibility index (Phi) is 5.20. The zero-order chi connectivity index (χ0) is 16.1. The number of carbonyl (C=O) groups is 2. The first-order valence-electron chi connectivity index (χ1n) is 7.52. The monoisotopic (exact) mass is 301 g/mol. The minimum Gasteiger partial charge on any atom is -0.548 e. The van der Waals surface area contributed by atoms with Gasteiger partial charge < -0.3 is 20.2 Å². The van der Waals surface area contributed by atoms with Crippen LogP contribution in [0.3, 0.4) is 0 Å². The fourth-order valence-corrected chi connectivity index (χ4v) is 2.54. The highest BCUT2D eigenvalue weighted by Crippen LogP contribution is 2.18. The quantitative estimate of drug-likeness (QED) is 0.810. The van der Waals surface area contributed by atoms with Crippen LogP contribution in [-0.2, 0) is 16.0 Å². The molecule has 1 heterocycles. The van der Waals surface area contributed by atoms with Gasteiger partial charge in [-0.2, -0.15) is 0 Å². The van der Waals surface area contributed by atoms with E-state index in [2.05, 4.69) is 10.3 Å². The molecule has 0 radical (unpaired) electrons. The van der Waals surface area contributed by atoms with Crippen LogP contribution in [0.4, 0.5) is 0 Å². The number of H-pyrrole nitrogens is 1. The summed E-state index contributed by atoms with van der Waals surface area (Å²) in [6.45, 7) is 3.82. The number of para-hydroxylation sites is 1. The number of carboxylic acid groups (broad SMARTS) is 1. The van der Waals surface area contributed by atoms with Crippen molar-refractivity contribution in [1.29, 1.82) is 0 Å². The highest BCUT2D eigenvalue weighted by Gasteiger charge is 2.15. The minimum absolute atomic E-state index is 0.178. The summed E-state index contributed by atoms with van der Waals surface area (Å²) in [4.78, 5) is 26.2. The van der Waals surface area contributed by atoms with Crippen molar-refractivity contribution in [2.75, 3.05) is 0 Å². The summed E-state index contributed by atoms with van der Waals surface area (Å²) >= 11 is 0. The van der Waals surface area contributed by atoms with Crippen molar-refractivity contribution in [3.63, 3.8) is 0 Å². The Hall–Kier alpha value is -2.30. The summed E-state index contributed by atoms with van der Waals surface area (Å²) in [5, 5.41) is 14.7. The average molecular weight is 301 g/mol. The topological polar surface area (TPSA) is 85.0 Å². The van der Waals surface area contributed by atoms with Gasteiger partial charge in [0.2, 0.25) is 5.91 Å². The van der Waals surface area contributed by atoms with E-state index in [4.69, 9.17) is 0 Å². The molecule has 1 atom stereocenters. The lowest BCUT2D eigenvalue weighted by Crippen LogP contribution is -2.48. The number of fused-ring (bicyclic) bond motifs is 1. The van der Waals surface area contributed by atoms with Crippen LogP contribution in [0.5, 0.6) is 0 Å². The number of aryl methyl sites for hydroxylation is 1. The molecule has 0 aliphatic carbocycles. The van der Waals surface area contributed by atoms with Gasteiger partial charge in [0.25, 0.3) is 0 Å². The number of hydrogen-bond acceptors (Lipinski definition) is 3. The molecular formula is C17H21N2O3-. The van der Waals surface area contributed by atoms with Crippen molar-refractivity contribution < 1.29 is 14.7 Å². The van der Waals surface area contributed by atoms with Gasteiger partial charge in [-0.3, -0.25) is 4.79 Å². The SMILES string of the molecule is CC(C)C[C@H](NC(=O)CCc1c[nH]c2ccccc12)C(=O)[O-]. The van der Waals surface area contributed by atoms with Gasteiger partial charge >= 0.3 is 0 Å². The van der Waals surface area contributed by atoms with Crippen LogP contribution in [0.2, 0.25) is 0 Å². The molecule has 0 aliphatic rings. The number of rotatable bonds is 7. The lowest BCUT2D eigenvalue weighted by Gasteiger charge is -2.21. The first-order valence-corrected chi connectivity index (χ1v) is 7.52. The lowest BCUT2D eigenvalue weighted by atomic mass is 10.0. The second-order valence-electron chi connectivity index (χ2n) is 5.93. The Morgan fingerprint density at radius 3 is 2.68 bits per heavy atom. The van der Waals surface area contributed by atoms with Crippen molar-refractivity contribution in [2.45, 2.75) is 39.2 Å². The van der Waals surface area contributed by atoms with E-state index in [1.807, 2.05) is 44.3 Å². The predicted molar refractivity (Wildman–Crippen MR) is 83.0 cm³/mol. The number of aromatic amines is 1. The van der Waals surface area contributed by atoms with Gasteiger partial charge in [0.05, 0.1) is 12.0 Å². The van der Waals surface area contributed by atoms with Crippen LogP contribution in [0.25, 0.3) is 10.9 Å². The molecule has 1 amide bonds. The molecule has 0 saturated carbocycles. The van der Waals surface area contributed by atoms with Gasteiger partial charge in [-0.1, -0.05) is 32.0 Å². The van der Waals surface area contributed by atoms with Crippen LogP contribution >= 0.6 is 0 Å². The third-order valence-corrected chi connectivity index (χ3v) is 3.62. The lowest BCUT2D eigenvalue weighted by molar-refractivity contribution is -0.308. The number of aliphatic carboxylic acids is 1. The van der Waals surface area contributed by atoms with Crippen LogP contribution in [0, 0.1) is 5.92 Å². The summed E-state index contributed by atoms with van der Waals surface area (Å²) in [6, 6.07) is 6.96. The summed E-state index contributed by atoms with van der Waals surface area (Å²) in [5.74, 6) is -1.31. The summed E-state index contributed by atoms with van der Waals surface area (Å²) < 4.78 is 0. The average Bonchev–Trinajstić information content (AvgIpc) is 2.87. The van der Waals surface area contributed by atoms with E-state index in [0.717, 1.165) is 16.5 Å². The molecule has 5 heteroatoms. The molecule has 2 rings (SSSR count). The number of benzene rings is 1. The molecule has 118 valence electrons. The van der Waals surface area contributed by atoms with Gasteiger partial charge in [-0.05, 0) is 30.4 Å². The zero-order valence-electron chi connectivity index (χ0n) is 12.9. The van der Waals surface area contributed by atoms with E-state index in [1.54, 1.807) is 0 Å². The van der Waals surface area contributed by atoms with Crippen LogP contribution < -0.4 is 10.4 Å². The van der Waals surface area contributed by atoms with E-state index >= 15 is 0 Å². The molecule has 0 saturated heterocycles. The van der Waals surface area contributed by atoms with E-state index in [1.165, 1.54) is 0 Å². The number of amides is 1. The van der Waals surface area contributed by atoms with Gasteiger partial charge in [-0.25, -0.2) is 0 Å². The number of carbonyl (C=O) groups excluding carboxylic acids is 2. The van der Waals surface area contributed by atoms with Crippen molar-refractivity contribution in [3.8, 4) is 0 Å². The van der Waals surface area contributed by atoms with Gasteiger partial charge in [0, 0.05) is 23.5 Å². The zero-order valence-corrected chi connectivity index (χ0v) is 12.9. The molecule has 22 heavy (non-hydrogen) atoms. The smallest absolute Gasteiger partial charge is 0.220 e. The first kappa shape index (κ1) is 16.1. The van der Waals surface area contributed by atoms with Crippen molar-refractivity contribution in [3.05, 3.63) is 36.0 Å². The van der Waals surface area contributed by atoms with Crippen LogP contribution in [0.1, 0.15) is 32.3 Å². The Labute approximate surface area is 129 Å². The van der Waals surface area contributed by atoms with Crippen LogP contribution in [-0.4, -0.2) is 22.9 Å². The highest BCUT2D eigenvalue weighted by molar-refractivity contribution is 5.85. The molecule has 0 bridgehead atoms. The Bertz CT molecular complexity index is 661. The Morgan fingerprint density at radius 1 is 1.27 bits per heavy atom. The minimum atomic E-state index is -1.23. The number of aromatic nitrogens is 1. The molecule has 0 aliphatic heterocycles. The van der Waals surface area contributed by atoms with Crippen molar-refractivity contribution >= 4 is 22.8 Å². The molecule has 0 spiro atoms. The third kappa shape index (κ3) is 4.10. The first-order chi connectivity index (χ1) is 10.5. The number of nitrogens with one attached hydrogen (secondary N) is 2. The van der Waals surface area contributed by atoms with Crippen LogP contribution in [0.15, 0.2) is 30.5 Å². The second kappa shape index (κ2) is 7.11. The Balaban J connectivity index is 1.93. The molecular weight excluding hydrogens is 280 g/mol. The maximum Gasteiger partial charge on any atom is 0.220 e. The standard InChI is InChI=1S/C17H22N2O3/c1-11(2)9-15(17(21)22)19-16(20)8-7-12-10-18-14-6-4-3-5-13(12)14/h3-6,10-11,15,18H,7-9H2,1-2H3,(H,19,20)(H,21,22)/p-1/t15-/m0/s1. The summed E-state index contributed by atoms with van der Waals surface area (Å²) in [7, 11) is 0. The van der Waals surface area contributed by atoms with E-state index in [9.17, 15) is 14.7 Å². The van der Waals surface area contributed by atoms with Crippen molar-refractivity contribution in [2.24, 2.45) is 5.92 Å². The molecule has 2 aromatic rings.